The maximum Gasteiger partial charge on any atom is 0.335 e. The monoisotopic (exact) mass is 317 g/mol. The number of hydrogen-bond acceptors (Lipinski definition) is 5. The molecule has 7 heteroatoms. The summed E-state index contributed by atoms with van der Waals surface area (Å²) in [5.41, 5.74) is 0.390. The summed E-state index contributed by atoms with van der Waals surface area (Å²) in [7, 11) is 0. The third-order valence-corrected chi connectivity index (χ3v) is 5.46. The van der Waals surface area contributed by atoms with Crippen molar-refractivity contribution in [2.24, 2.45) is 23.7 Å². The van der Waals surface area contributed by atoms with Crippen LogP contribution in [-0.2, 0) is 9.59 Å². The lowest BCUT2D eigenvalue weighted by molar-refractivity contribution is -0.129. The molecule has 3 N–H and O–H groups in total. The van der Waals surface area contributed by atoms with Crippen LogP contribution in [0, 0.1) is 23.7 Å². The molecule has 120 valence electrons. The maximum atomic E-state index is 12.7. The Balaban J connectivity index is 1.68. The molecule has 1 aromatic rings. The number of fused-ring (bicyclic) bond motifs is 5. The largest absolute Gasteiger partial charge is 0.478 e. The second-order valence-electron chi connectivity index (χ2n) is 6.46. The lowest BCUT2D eigenvalue weighted by Crippen LogP contribution is -2.43. The summed E-state index contributed by atoms with van der Waals surface area (Å²) >= 11 is 0. The van der Waals surface area contributed by atoms with Crippen molar-refractivity contribution in [1.29, 1.82) is 0 Å². The average Bonchev–Trinajstić information content (AvgIpc) is 3.12. The van der Waals surface area contributed by atoms with Gasteiger partial charge >= 0.3 is 5.97 Å². The first-order chi connectivity index (χ1) is 10.9. The second-order valence-corrected chi connectivity index (χ2v) is 6.46. The molecular weight excluding hydrogens is 302 g/mol. The van der Waals surface area contributed by atoms with Crippen LogP contribution in [0.15, 0.2) is 24.3 Å². The number of aliphatic hydroxyl groups is 2. The first kappa shape index (κ1) is 14.3. The van der Waals surface area contributed by atoms with E-state index in [9.17, 15) is 24.6 Å². The molecule has 0 aromatic heterocycles. The van der Waals surface area contributed by atoms with E-state index in [1.807, 2.05) is 0 Å². The minimum Gasteiger partial charge on any atom is -0.478 e. The van der Waals surface area contributed by atoms with E-state index in [0.29, 0.717) is 12.1 Å². The normalized spacial score (nSPS) is 38.3. The van der Waals surface area contributed by atoms with Gasteiger partial charge in [0.15, 0.2) is 0 Å². The van der Waals surface area contributed by atoms with Gasteiger partial charge in [0.25, 0.3) is 0 Å². The van der Waals surface area contributed by atoms with Crippen LogP contribution >= 0.6 is 0 Å². The molecule has 3 aliphatic rings. The lowest BCUT2D eigenvalue weighted by Gasteiger charge is -2.29. The van der Waals surface area contributed by atoms with E-state index in [2.05, 4.69) is 0 Å². The van der Waals surface area contributed by atoms with Crippen LogP contribution in [0.1, 0.15) is 16.8 Å². The Kier molecular flexibility index (Phi) is 2.88. The van der Waals surface area contributed by atoms with Gasteiger partial charge < -0.3 is 15.3 Å². The van der Waals surface area contributed by atoms with Crippen LogP contribution in [0.2, 0.25) is 0 Å². The van der Waals surface area contributed by atoms with Gasteiger partial charge in [-0.15, -0.1) is 0 Å². The van der Waals surface area contributed by atoms with Crippen LogP contribution in [0.5, 0.6) is 0 Å². The molecule has 1 aromatic carbocycles. The van der Waals surface area contributed by atoms with Gasteiger partial charge in [-0.3, -0.25) is 14.5 Å². The Morgan fingerprint density at radius 1 is 0.957 bits per heavy atom. The second kappa shape index (κ2) is 4.62. The van der Waals surface area contributed by atoms with Crippen molar-refractivity contribution in [2.75, 3.05) is 4.90 Å². The number of carbonyl (C=O) groups excluding carboxylic acids is 2. The molecule has 0 unspecified atom stereocenters. The SMILES string of the molecule is O=C(O)c1ccc(N2C(=O)[C@@H]3[C@H]4C[C@H]([C@H](O)[C@H]4O)[C@@H]3C2=O)cc1. The molecule has 1 heterocycles. The zero-order valence-corrected chi connectivity index (χ0v) is 12.0. The Morgan fingerprint density at radius 3 is 1.87 bits per heavy atom. The van der Waals surface area contributed by atoms with E-state index in [1.165, 1.54) is 24.3 Å². The number of anilines is 1. The predicted molar refractivity (Wildman–Crippen MR) is 76.5 cm³/mol. The number of aromatic carboxylic acids is 1. The Bertz CT molecular complexity index is 682. The summed E-state index contributed by atoms with van der Waals surface area (Å²) in [5.74, 6) is -3.80. The fourth-order valence-electron chi connectivity index (χ4n) is 4.44. The highest BCUT2D eigenvalue weighted by molar-refractivity contribution is 6.22. The van der Waals surface area contributed by atoms with E-state index < -0.39 is 30.0 Å². The smallest absolute Gasteiger partial charge is 0.335 e. The highest BCUT2D eigenvalue weighted by Crippen LogP contribution is 2.56. The number of carboxylic acid groups (broad SMARTS) is 1. The number of imide groups is 1. The van der Waals surface area contributed by atoms with Gasteiger partial charge in [0, 0.05) is 11.8 Å². The lowest BCUT2D eigenvalue weighted by atomic mass is 9.78. The molecule has 3 fully saturated rings. The van der Waals surface area contributed by atoms with Crippen molar-refractivity contribution in [1.82, 2.24) is 0 Å². The number of carboxylic acids is 1. The number of nitrogens with zero attached hydrogens (tertiary/aromatic N) is 1. The summed E-state index contributed by atoms with van der Waals surface area (Å²) in [5, 5.41) is 28.9. The first-order valence-electron chi connectivity index (χ1n) is 7.49. The number of aliphatic hydroxyl groups excluding tert-OH is 2. The van der Waals surface area contributed by atoms with Crippen molar-refractivity contribution >= 4 is 23.5 Å². The van der Waals surface area contributed by atoms with E-state index >= 15 is 0 Å². The molecule has 0 spiro atoms. The van der Waals surface area contributed by atoms with Gasteiger partial charge in [-0.2, -0.15) is 0 Å². The Labute approximate surface area is 131 Å². The molecule has 6 atom stereocenters. The van der Waals surface area contributed by atoms with Gasteiger partial charge in [0.2, 0.25) is 11.8 Å². The molecule has 7 nitrogen and oxygen atoms in total. The van der Waals surface area contributed by atoms with Crippen LogP contribution in [0.3, 0.4) is 0 Å². The number of amides is 2. The summed E-state index contributed by atoms with van der Waals surface area (Å²) < 4.78 is 0. The predicted octanol–water partition coefficient (Wildman–Crippen LogP) is -0.138. The minimum absolute atomic E-state index is 0.0685. The molecule has 2 bridgehead atoms. The molecule has 1 aliphatic heterocycles. The van der Waals surface area contributed by atoms with Gasteiger partial charge in [-0.25, -0.2) is 4.79 Å². The summed E-state index contributed by atoms with van der Waals surface area (Å²) in [6, 6.07) is 5.53. The third kappa shape index (κ3) is 1.74. The van der Waals surface area contributed by atoms with E-state index in [0.717, 1.165) is 4.90 Å². The van der Waals surface area contributed by atoms with E-state index in [-0.39, 0.29) is 29.2 Å². The number of rotatable bonds is 2. The fraction of sp³-hybridized carbons (Fsp3) is 0.438. The Morgan fingerprint density at radius 2 is 1.43 bits per heavy atom. The van der Waals surface area contributed by atoms with Crippen molar-refractivity contribution in [3.8, 4) is 0 Å². The molecule has 0 radical (unpaired) electrons. The summed E-state index contributed by atoms with van der Waals surface area (Å²) in [4.78, 5) is 37.3. The fourth-order valence-corrected chi connectivity index (χ4v) is 4.44. The van der Waals surface area contributed by atoms with Crippen LogP contribution in [0.4, 0.5) is 5.69 Å². The van der Waals surface area contributed by atoms with Crippen molar-refractivity contribution < 1.29 is 29.7 Å². The van der Waals surface area contributed by atoms with Crippen LogP contribution < -0.4 is 4.90 Å². The third-order valence-electron chi connectivity index (χ3n) is 5.46. The van der Waals surface area contributed by atoms with E-state index in [4.69, 9.17) is 5.11 Å². The average molecular weight is 317 g/mol. The van der Waals surface area contributed by atoms with Crippen molar-refractivity contribution in [2.45, 2.75) is 18.6 Å². The van der Waals surface area contributed by atoms with Gasteiger partial charge in [-0.05, 0) is 30.7 Å². The highest BCUT2D eigenvalue weighted by atomic mass is 16.4. The van der Waals surface area contributed by atoms with Crippen LogP contribution in [0.25, 0.3) is 0 Å². The quantitative estimate of drug-likeness (QED) is 0.654. The minimum atomic E-state index is -1.09. The molecule has 23 heavy (non-hydrogen) atoms. The first-order valence-corrected chi connectivity index (χ1v) is 7.49. The standard InChI is InChI=1S/C16H15NO6/c18-12-8-5-9(13(12)19)11-10(8)14(20)17(15(11)21)7-3-1-6(2-4-7)16(22)23/h1-4,8-13,18-19H,5H2,(H,22,23)/t8-,9+,10-,11+,12-,13-/m0/s1. The number of hydrogen-bond donors (Lipinski definition) is 3. The summed E-state index contributed by atoms with van der Waals surface area (Å²) in [6.07, 6.45) is -1.44. The highest BCUT2D eigenvalue weighted by Gasteiger charge is 2.67. The maximum absolute atomic E-state index is 12.7. The topological polar surface area (TPSA) is 115 Å². The zero-order chi connectivity index (χ0) is 16.5. The molecule has 2 aliphatic carbocycles. The van der Waals surface area contributed by atoms with Gasteiger partial charge in [0.1, 0.15) is 0 Å². The van der Waals surface area contributed by atoms with Crippen LogP contribution in [-0.4, -0.2) is 45.3 Å². The number of benzene rings is 1. The molecule has 4 rings (SSSR count). The molecule has 1 saturated heterocycles. The Hall–Kier alpha value is -2.25. The van der Waals surface area contributed by atoms with E-state index in [1.54, 1.807) is 0 Å². The number of carbonyl (C=O) groups is 3. The molecule has 2 amide bonds. The molecule has 2 saturated carbocycles. The van der Waals surface area contributed by atoms with Crippen molar-refractivity contribution in [3.63, 3.8) is 0 Å². The summed E-state index contributed by atoms with van der Waals surface area (Å²) in [6.45, 7) is 0. The van der Waals surface area contributed by atoms with Crippen molar-refractivity contribution in [3.05, 3.63) is 29.8 Å². The zero-order valence-electron chi connectivity index (χ0n) is 12.0. The molecular formula is C16H15NO6. The van der Waals surface area contributed by atoms with Gasteiger partial charge in [0.05, 0.1) is 35.3 Å². The van der Waals surface area contributed by atoms with Gasteiger partial charge in [-0.1, -0.05) is 0 Å².